The molecule has 1 aliphatic rings. The third-order valence-corrected chi connectivity index (χ3v) is 3.33. The molecule has 1 unspecified atom stereocenters. The zero-order valence-electron chi connectivity index (χ0n) is 12.4. The van der Waals surface area contributed by atoms with Crippen molar-refractivity contribution in [3.63, 3.8) is 0 Å². The lowest BCUT2D eigenvalue weighted by Gasteiger charge is -2.12. The maximum absolute atomic E-state index is 12.1. The summed E-state index contributed by atoms with van der Waals surface area (Å²) in [5.74, 6) is -0.289. The third-order valence-electron chi connectivity index (χ3n) is 3.33. The number of rotatable bonds is 6. The van der Waals surface area contributed by atoms with Crippen LogP contribution in [-0.2, 0) is 14.3 Å². The van der Waals surface area contributed by atoms with Crippen LogP contribution in [-0.4, -0.2) is 44.5 Å². The molecule has 1 aromatic carbocycles. The average Bonchev–Trinajstić information content (AvgIpc) is 2.98. The lowest BCUT2D eigenvalue weighted by Crippen LogP contribution is -2.35. The molecule has 7 nitrogen and oxygen atoms in total. The molecule has 7 heteroatoms. The Morgan fingerprint density at radius 3 is 2.64 bits per heavy atom. The van der Waals surface area contributed by atoms with E-state index in [-0.39, 0.29) is 5.91 Å². The van der Waals surface area contributed by atoms with Crippen LogP contribution in [0.25, 0.3) is 0 Å². The first kappa shape index (κ1) is 15.8. The van der Waals surface area contributed by atoms with Crippen LogP contribution in [0.5, 0.6) is 11.5 Å². The van der Waals surface area contributed by atoms with Crippen molar-refractivity contribution < 1.29 is 28.6 Å². The van der Waals surface area contributed by atoms with Crippen LogP contribution in [0.2, 0.25) is 0 Å². The summed E-state index contributed by atoms with van der Waals surface area (Å²) in [6, 6.07) is 4.07. The zero-order chi connectivity index (χ0) is 16.1. The molecule has 0 bridgehead atoms. The molecule has 2 rings (SSSR count). The molecule has 1 aliphatic heterocycles. The number of hydrogen-bond acceptors (Lipinski definition) is 6. The zero-order valence-corrected chi connectivity index (χ0v) is 12.4. The van der Waals surface area contributed by atoms with Crippen LogP contribution in [0.1, 0.15) is 23.2 Å². The van der Waals surface area contributed by atoms with Gasteiger partial charge in [0.05, 0.1) is 19.8 Å². The van der Waals surface area contributed by atoms with Crippen LogP contribution in [0.3, 0.4) is 0 Å². The van der Waals surface area contributed by atoms with Gasteiger partial charge in [0.1, 0.15) is 17.5 Å². The molecule has 0 spiro atoms. The van der Waals surface area contributed by atoms with Gasteiger partial charge in [-0.05, 0) is 18.6 Å². The summed E-state index contributed by atoms with van der Waals surface area (Å²) in [6.07, 6.45) is 0.678. The van der Waals surface area contributed by atoms with Crippen molar-refractivity contribution >= 4 is 17.7 Å². The lowest BCUT2D eigenvalue weighted by atomic mass is 10.1. The van der Waals surface area contributed by atoms with E-state index in [9.17, 15) is 14.4 Å². The first-order valence-electron chi connectivity index (χ1n) is 6.76. The van der Waals surface area contributed by atoms with E-state index in [0.717, 1.165) is 0 Å². The number of ether oxygens (including phenoxy) is 3. The molecule has 1 amide bonds. The summed E-state index contributed by atoms with van der Waals surface area (Å²) in [6.45, 7) is -0.409. The highest BCUT2D eigenvalue weighted by Gasteiger charge is 2.29. The van der Waals surface area contributed by atoms with E-state index in [2.05, 4.69) is 5.32 Å². The molecule has 0 radical (unpaired) electrons. The topological polar surface area (TPSA) is 90.9 Å². The van der Waals surface area contributed by atoms with Crippen molar-refractivity contribution in [2.24, 2.45) is 0 Å². The summed E-state index contributed by atoms with van der Waals surface area (Å²) in [5.41, 5.74) is 0.298. The third kappa shape index (κ3) is 3.55. The Hall–Kier alpha value is -2.57. The van der Waals surface area contributed by atoms with Crippen LogP contribution < -0.4 is 14.8 Å². The highest BCUT2D eigenvalue weighted by Crippen LogP contribution is 2.25. The van der Waals surface area contributed by atoms with Gasteiger partial charge in [0.2, 0.25) is 11.7 Å². The Balaban J connectivity index is 1.97. The van der Waals surface area contributed by atoms with Gasteiger partial charge >= 0.3 is 5.97 Å². The molecular weight excluding hydrogens is 290 g/mol. The van der Waals surface area contributed by atoms with Crippen LogP contribution >= 0.6 is 0 Å². The van der Waals surface area contributed by atoms with Crippen molar-refractivity contribution in [2.45, 2.75) is 18.9 Å². The van der Waals surface area contributed by atoms with E-state index in [1.807, 2.05) is 0 Å². The predicted molar refractivity (Wildman–Crippen MR) is 76.0 cm³/mol. The molecule has 1 fully saturated rings. The molecule has 22 heavy (non-hydrogen) atoms. The van der Waals surface area contributed by atoms with Crippen molar-refractivity contribution in [1.82, 2.24) is 5.32 Å². The minimum absolute atomic E-state index is 0.190. The number of carbonyl (C=O) groups excluding carboxylic acids is 3. The Kier molecular flexibility index (Phi) is 4.98. The fourth-order valence-corrected chi connectivity index (χ4v) is 2.13. The fourth-order valence-electron chi connectivity index (χ4n) is 2.13. The average molecular weight is 307 g/mol. The van der Waals surface area contributed by atoms with E-state index in [1.165, 1.54) is 14.2 Å². The molecule has 1 atom stereocenters. The van der Waals surface area contributed by atoms with Gasteiger partial charge in [0, 0.05) is 12.5 Å². The quantitative estimate of drug-likeness (QED) is 0.615. The van der Waals surface area contributed by atoms with Crippen LogP contribution in [0.4, 0.5) is 0 Å². The highest BCUT2D eigenvalue weighted by atomic mass is 16.5. The van der Waals surface area contributed by atoms with E-state index in [0.29, 0.717) is 29.9 Å². The second-order valence-corrected chi connectivity index (χ2v) is 4.76. The van der Waals surface area contributed by atoms with E-state index < -0.39 is 24.4 Å². The summed E-state index contributed by atoms with van der Waals surface area (Å²) in [5, 5.41) is 2.49. The Morgan fingerprint density at radius 1 is 1.27 bits per heavy atom. The van der Waals surface area contributed by atoms with Crippen molar-refractivity contribution in [1.29, 1.82) is 0 Å². The van der Waals surface area contributed by atoms with Gasteiger partial charge in [0.15, 0.2) is 6.61 Å². The number of esters is 1. The standard InChI is InChI=1S/C15H17NO6/c1-20-9-3-4-10(13(7-9)21-2)12(17)8-22-15(19)11-5-6-14(18)16-11/h3-4,7,11H,5-6,8H2,1-2H3,(H,16,18). The van der Waals surface area contributed by atoms with Crippen LogP contribution in [0.15, 0.2) is 18.2 Å². The number of methoxy groups -OCH3 is 2. The van der Waals surface area contributed by atoms with Crippen molar-refractivity contribution in [3.05, 3.63) is 23.8 Å². The number of ketones is 1. The van der Waals surface area contributed by atoms with Gasteiger partial charge in [-0.15, -0.1) is 0 Å². The van der Waals surface area contributed by atoms with Gasteiger partial charge < -0.3 is 19.5 Å². The highest BCUT2D eigenvalue weighted by molar-refractivity contribution is 6.01. The first-order chi connectivity index (χ1) is 10.5. The van der Waals surface area contributed by atoms with Gasteiger partial charge in [-0.3, -0.25) is 9.59 Å². The second kappa shape index (κ2) is 6.93. The lowest BCUT2D eigenvalue weighted by molar-refractivity contribution is -0.145. The molecule has 0 aromatic heterocycles. The molecule has 0 saturated carbocycles. The Bertz CT molecular complexity index is 598. The summed E-state index contributed by atoms with van der Waals surface area (Å²) < 4.78 is 15.1. The minimum Gasteiger partial charge on any atom is -0.497 e. The molecule has 1 heterocycles. The molecule has 1 N–H and O–H groups in total. The maximum atomic E-state index is 12.1. The smallest absolute Gasteiger partial charge is 0.329 e. The van der Waals surface area contributed by atoms with Gasteiger partial charge in [-0.2, -0.15) is 0 Å². The summed E-state index contributed by atoms with van der Waals surface area (Å²) in [4.78, 5) is 34.9. The monoisotopic (exact) mass is 307 g/mol. The molecular formula is C15H17NO6. The Morgan fingerprint density at radius 2 is 2.05 bits per heavy atom. The number of amides is 1. The van der Waals surface area contributed by atoms with E-state index in [1.54, 1.807) is 18.2 Å². The first-order valence-corrected chi connectivity index (χ1v) is 6.76. The molecule has 1 saturated heterocycles. The Labute approximate surface area is 127 Å². The normalized spacial score (nSPS) is 16.8. The van der Waals surface area contributed by atoms with Crippen molar-refractivity contribution in [3.8, 4) is 11.5 Å². The summed E-state index contributed by atoms with van der Waals surface area (Å²) >= 11 is 0. The number of nitrogens with one attached hydrogen (secondary N) is 1. The fraction of sp³-hybridized carbons (Fsp3) is 0.400. The minimum atomic E-state index is -0.668. The van der Waals surface area contributed by atoms with E-state index in [4.69, 9.17) is 14.2 Å². The molecule has 1 aromatic rings. The largest absolute Gasteiger partial charge is 0.497 e. The van der Waals surface area contributed by atoms with Crippen molar-refractivity contribution in [2.75, 3.05) is 20.8 Å². The number of Topliss-reactive ketones (excluding diaryl/α,β-unsaturated/α-hetero) is 1. The maximum Gasteiger partial charge on any atom is 0.329 e. The van der Waals surface area contributed by atoms with Crippen LogP contribution in [0, 0.1) is 0 Å². The van der Waals surface area contributed by atoms with Gasteiger partial charge in [-0.25, -0.2) is 4.79 Å². The summed E-state index contributed by atoms with van der Waals surface area (Å²) in [7, 11) is 2.94. The number of carbonyl (C=O) groups is 3. The van der Waals surface area contributed by atoms with Gasteiger partial charge in [0.25, 0.3) is 0 Å². The van der Waals surface area contributed by atoms with E-state index >= 15 is 0 Å². The molecule has 0 aliphatic carbocycles. The SMILES string of the molecule is COc1ccc(C(=O)COC(=O)C2CCC(=O)N2)c(OC)c1. The molecule has 118 valence electrons. The second-order valence-electron chi connectivity index (χ2n) is 4.76. The van der Waals surface area contributed by atoms with Gasteiger partial charge in [-0.1, -0.05) is 0 Å². The predicted octanol–water partition coefficient (Wildman–Crippen LogP) is 0.708. The number of benzene rings is 1. The number of hydrogen-bond donors (Lipinski definition) is 1.